The van der Waals surface area contributed by atoms with Crippen LogP contribution in [-0.4, -0.2) is 104 Å². The molecule has 1 N–H and O–H groups in total. The van der Waals surface area contributed by atoms with Gasteiger partial charge in [-0.05, 0) is 124 Å². The summed E-state index contributed by atoms with van der Waals surface area (Å²) >= 11 is 0. The van der Waals surface area contributed by atoms with Gasteiger partial charge >= 0.3 is 12.1 Å². The number of benzene rings is 3. The highest BCUT2D eigenvalue weighted by atomic mass is 16.6. The Balaban J connectivity index is 0.886. The average molecular weight is 765 g/mol. The second-order valence-electron chi connectivity index (χ2n) is 17.5. The smallest absolute Gasteiger partial charge is 0.407 e. The van der Waals surface area contributed by atoms with E-state index in [9.17, 15) is 14.4 Å². The molecule has 0 aromatic heterocycles. The summed E-state index contributed by atoms with van der Waals surface area (Å²) < 4.78 is 10.8. The fourth-order valence-electron chi connectivity index (χ4n) is 9.10. The zero-order valence-electron chi connectivity index (χ0n) is 34.0. The number of rotatable bonds is 9. The Hall–Kier alpha value is -4.77. The van der Waals surface area contributed by atoms with Crippen LogP contribution in [0.1, 0.15) is 81.9 Å². The Labute approximate surface area is 332 Å². The van der Waals surface area contributed by atoms with Crippen molar-refractivity contribution in [1.29, 1.82) is 0 Å². The van der Waals surface area contributed by atoms with Gasteiger partial charge in [0.25, 0.3) is 0 Å². The van der Waals surface area contributed by atoms with Crippen molar-refractivity contribution in [3.63, 3.8) is 0 Å². The number of piperidine rings is 3. The molecule has 0 radical (unpaired) electrons. The van der Waals surface area contributed by atoms with Gasteiger partial charge < -0.3 is 34.4 Å². The van der Waals surface area contributed by atoms with Crippen LogP contribution in [0.5, 0.6) is 5.75 Å². The molecule has 0 bridgehead atoms. The van der Waals surface area contributed by atoms with Crippen molar-refractivity contribution in [3.8, 4) is 5.75 Å². The highest BCUT2D eigenvalue weighted by molar-refractivity contribution is 5.96. The number of hydrogen-bond donors (Lipinski definition) is 1. The first-order valence-electron chi connectivity index (χ1n) is 20.4. The van der Waals surface area contributed by atoms with Crippen LogP contribution in [0.3, 0.4) is 0 Å². The van der Waals surface area contributed by atoms with Crippen LogP contribution >= 0.6 is 0 Å². The molecule has 4 aliphatic rings. The van der Waals surface area contributed by atoms with Crippen molar-refractivity contribution in [1.82, 2.24) is 20.0 Å². The van der Waals surface area contributed by atoms with Crippen molar-refractivity contribution >= 4 is 29.4 Å². The molecule has 300 valence electrons. The third-order valence-electron chi connectivity index (χ3n) is 12.3. The monoisotopic (exact) mass is 764 g/mol. The molecule has 4 saturated heterocycles. The van der Waals surface area contributed by atoms with E-state index in [0.717, 1.165) is 62.6 Å². The fourth-order valence-corrected chi connectivity index (χ4v) is 9.10. The molecule has 0 saturated carbocycles. The SMILES string of the molecule is COc1ccc(CN2C(=O)CCN(Cc3cccc(N4CCC5(CCN(c6ccc([C@H]7C[C@@H](NC(=O)OC(C)(C)C)CN(C)C7)cc6)CC5)CC4)c3)C2=O)cc1. The molecule has 1 spiro atoms. The number of anilines is 2. The maximum absolute atomic E-state index is 13.5. The predicted molar refractivity (Wildman–Crippen MR) is 220 cm³/mol. The number of likely N-dealkylation sites (N-methyl/N-ethyl adjacent to an activating group) is 1. The first-order chi connectivity index (χ1) is 26.8. The molecule has 4 aliphatic heterocycles. The van der Waals surface area contributed by atoms with Gasteiger partial charge in [0.05, 0.1) is 13.7 Å². The largest absolute Gasteiger partial charge is 0.497 e. The van der Waals surface area contributed by atoms with Crippen molar-refractivity contribution in [2.24, 2.45) is 5.41 Å². The molecule has 11 nitrogen and oxygen atoms in total. The third kappa shape index (κ3) is 9.60. The van der Waals surface area contributed by atoms with Crippen LogP contribution in [0.15, 0.2) is 72.8 Å². The lowest BCUT2D eigenvalue weighted by Crippen LogP contribution is -2.51. The summed E-state index contributed by atoms with van der Waals surface area (Å²) in [5, 5.41) is 3.10. The van der Waals surface area contributed by atoms with Crippen LogP contribution in [0.4, 0.5) is 21.0 Å². The number of methoxy groups -OCH3 is 1. The van der Waals surface area contributed by atoms with E-state index in [0.29, 0.717) is 30.8 Å². The highest BCUT2D eigenvalue weighted by Gasteiger charge is 2.38. The molecule has 7 rings (SSSR count). The lowest BCUT2D eigenvalue weighted by atomic mass is 9.71. The minimum Gasteiger partial charge on any atom is -0.497 e. The summed E-state index contributed by atoms with van der Waals surface area (Å²) in [7, 11) is 3.74. The normalized spacial score (nSPS) is 22.0. The number of nitrogens with zero attached hydrogens (tertiary/aromatic N) is 5. The van der Waals surface area contributed by atoms with Crippen LogP contribution in [0.2, 0.25) is 0 Å². The van der Waals surface area contributed by atoms with Crippen molar-refractivity contribution in [3.05, 3.63) is 89.5 Å². The molecule has 11 heteroatoms. The van der Waals surface area contributed by atoms with Gasteiger partial charge in [-0.2, -0.15) is 0 Å². The van der Waals surface area contributed by atoms with Gasteiger partial charge in [-0.1, -0.05) is 36.4 Å². The van der Waals surface area contributed by atoms with Gasteiger partial charge in [0.2, 0.25) is 5.91 Å². The molecular weight excluding hydrogens is 705 g/mol. The second-order valence-corrected chi connectivity index (χ2v) is 17.5. The van der Waals surface area contributed by atoms with Gasteiger partial charge in [0, 0.05) is 76.2 Å². The van der Waals surface area contributed by atoms with E-state index in [1.807, 2.05) is 45.0 Å². The summed E-state index contributed by atoms with van der Waals surface area (Å²) in [6, 6.07) is 25.1. The van der Waals surface area contributed by atoms with E-state index < -0.39 is 5.60 Å². The Kier molecular flexibility index (Phi) is 11.8. The van der Waals surface area contributed by atoms with E-state index in [2.05, 4.69) is 75.6 Å². The Morgan fingerprint density at radius 3 is 2.11 bits per heavy atom. The minimum absolute atomic E-state index is 0.0588. The molecule has 3 aromatic carbocycles. The number of imide groups is 1. The Morgan fingerprint density at radius 1 is 0.804 bits per heavy atom. The topological polar surface area (TPSA) is 97.9 Å². The van der Waals surface area contributed by atoms with Crippen LogP contribution < -0.4 is 19.9 Å². The van der Waals surface area contributed by atoms with Crippen molar-refractivity contribution < 1.29 is 23.9 Å². The molecule has 56 heavy (non-hydrogen) atoms. The predicted octanol–water partition coefficient (Wildman–Crippen LogP) is 7.25. The quantitative estimate of drug-likeness (QED) is 0.244. The zero-order valence-corrected chi connectivity index (χ0v) is 34.0. The van der Waals surface area contributed by atoms with Crippen LogP contribution in [0, 0.1) is 5.41 Å². The third-order valence-corrected chi connectivity index (χ3v) is 12.3. The number of amides is 4. The number of likely N-dealkylation sites (tertiary alicyclic amines) is 1. The second kappa shape index (κ2) is 16.8. The highest BCUT2D eigenvalue weighted by Crippen LogP contribution is 2.43. The van der Waals surface area contributed by atoms with Gasteiger partial charge in [-0.3, -0.25) is 9.69 Å². The maximum Gasteiger partial charge on any atom is 0.407 e. The minimum atomic E-state index is -0.509. The lowest BCUT2D eigenvalue weighted by Gasteiger charge is -2.48. The summed E-state index contributed by atoms with van der Waals surface area (Å²) in [6.45, 7) is 12.9. The van der Waals surface area contributed by atoms with E-state index in [1.54, 1.807) is 12.0 Å². The van der Waals surface area contributed by atoms with Gasteiger partial charge in [-0.15, -0.1) is 0 Å². The number of carbonyl (C=O) groups excluding carboxylic acids is 3. The molecule has 0 aliphatic carbocycles. The van der Waals surface area contributed by atoms with Crippen molar-refractivity contribution in [2.45, 2.75) is 89.9 Å². The van der Waals surface area contributed by atoms with Crippen LogP contribution in [0.25, 0.3) is 0 Å². The number of nitrogens with one attached hydrogen (secondary N) is 1. The molecule has 3 aromatic rings. The maximum atomic E-state index is 13.5. The Morgan fingerprint density at radius 2 is 1.46 bits per heavy atom. The molecular formula is C45H60N6O5. The average Bonchev–Trinajstić information content (AvgIpc) is 3.18. The first kappa shape index (κ1) is 39.5. The zero-order chi connectivity index (χ0) is 39.5. The molecule has 4 amide bonds. The van der Waals surface area contributed by atoms with E-state index in [-0.39, 0.29) is 30.6 Å². The summed E-state index contributed by atoms with van der Waals surface area (Å²) in [5.74, 6) is 0.974. The number of ether oxygens (including phenoxy) is 2. The van der Waals surface area contributed by atoms with Gasteiger partial charge in [0.1, 0.15) is 11.4 Å². The van der Waals surface area contributed by atoms with Crippen molar-refractivity contribution in [2.75, 3.05) is 69.8 Å². The summed E-state index contributed by atoms with van der Waals surface area (Å²) in [4.78, 5) is 49.3. The standard InChI is InChI=1S/C45H60N6O5/c1-44(2,3)56-42(53)46-37-28-36(31-47(4)32-37)35-11-13-38(14-12-35)48-23-18-45(19-24-48)20-25-49(26-21-45)39-8-6-7-34(27-39)29-50-22-17-41(52)51(43(50)54)30-33-9-15-40(55-5)16-10-33/h6-16,27,36-37H,17-26,28-32H2,1-5H3,(H,46,53)/t36-,37+/m0/s1. The Bertz CT molecular complexity index is 1820. The lowest BCUT2D eigenvalue weighted by molar-refractivity contribution is -0.131. The number of urea groups is 1. The molecule has 0 unspecified atom stereocenters. The molecule has 4 fully saturated rings. The van der Waals surface area contributed by atoms with Gasteiger partial charge in [-0.25, -0.2) is 9.59 Å². The summed E-state index contributed by atoms with van der Waals surface area (Å²) in [5.41, 5.74) is 5.69. The number of alkyl carbamates (subject to hydrolysis) is 1. The number of hydrogen-bond acceptors (Lipinski definition) is 8. The van der Waals surface area contributed by atoms with Gasteiger partial charge in [0.15, 0.2) is 0 Å². The number of carbonyl (C=O) groups is 3. The fraction of sp³-hybridized carbons (Fsp3) is 0.533. The van der Waals surface area contributed by atoms with E-state index in [1.165, 1.54) is 47.5 Å². The van der Waals surface area contributed by atoms with Crippen LogP contribution in [-0.2, 0) is 22.6 Å². The first-order valence-corrected chi connectivity index (χ1v) is 20.4. The summed E-state index contributed by atoms with van der Waals surface area (Å²) in [6.07, 6.45) is 5.67. The molecule has 2 atom stereocenters. The van der Waals surface area contributed by atoms with E-state index >= 15 is 0 Å². The molecule has 4 heterocycles. The van der Waals surface area contributed by atoms with E-state index in [4.69, 9.17) is 9.47 Å².